The van der Waals surface area contributed by atoms with E-state index in [4.69, 9.17) is 5.73 Å². The van der Waals surface area contributed by atoms with Gasteiger partial charge in [0.05, 0.1) is 11.4 Å². The van der Waals surface area contributed by atoms with Crippen LogP contribution in [-0.4, -0.2) is 29.8 Å². The van der Waals surface area contributed by atoms with E-state index in [1.807, 2.05) is 13.0 Å². The van der Waals surface area contributed by atoms with Gasteiger partial charge in [0.15, 0.2) is 0 Å². The number of likely N-dealkylation sites (tertiary alicyclic amines) is 1. The lowest BCUT2D eigenvalue weighted by atomic mass is 9.99. The molecule has 1 heterocycles. The van der Waals surface area contributed by atoms with Crippen LogP contribution in [0.4, 0.5) is 11.4 Å². The summed E-state index contributed by atoms with van der Waals surface area (Å²) < 4.78 is 0. The molecule has 5 nitrogen and oxygen atoms in total. The predicted octanol–water partition coefficient (Wildman–Crippen LogP) is 1.77. The van der Waals surface area contributed by atoms with Gasteiger partial charge in [0.2, 0.25) is 0 Å². The van der Waals surface area contributed by atoms with Gasteiger partial charge >= 0.3 is 11.8 Å². The number of carbonyl (C=O) groups excluding carboxylic acids is 2. The number of nitrogens with two attached hydrogens (primary N) is 1. The first-order valence-corrected chi connectivity index (χ1v) is 6.93. The Kier molecular flexibility index (Phi) is 4.27. The molecular weight excluding hydrogens is 254 g/mol. The molecule has 1 fully saturated rings. The summed E-state index contributed by atoms with van der Waals surface area (Å²) in [5.41, 5.74) is 7.73. The number of hydrogen-bond donors (Lipinski definition) is 2. The van der Waals surface area contributed by atoms with Crippen LogP contribution in [0.25, 0.3) is 0 Å². The highest BCUT2D eigenvalue weighted by Crippen LogP contribution is 2.20. The average molecular weight is 275 g/mol. The van der Waals surface area contributed by atoms with Crippen LogP contribution >= 0.6 is 0 Å². The largest absolute Gasteiger partial charge is 0.397 e. The molecule has 0 aromatic heterocycles. The van der Waals surface area contributed by atoms with Crippen molar-refractivity contribution in [3.05, 3.63) is 23.8 Å². The van der Waals surface area contributed by atoms with Gasteiger partial charge in [-0.2, -0.15) is 0 Å². The maximum atomic E-state index is 12.1. The van der Waals surface area contributed by atoms with Crippen molar-refractivity contribution in [1.82, 2.24) is 4.90 Å². The second kappa shape index (κ2) is 5.94. The summed E-state index contributed by atoms with van der Waals surface area (Å²) in [4.78, 5) is 25.7. The van der Waals surface area contributed by atoms with Gasteiger partial charge in [0.25, 0.3) is 0 Å². The lowest BCUT2D eigenvalue weighted by molar-refractivity contribution is -0.144. The maximum absolute atomic E-state index is 12.1. The number of nitrogens with one attached hydrogen (secondary N) is 1. The maximum Gasteiger partial charge on any atom is 0.313 e. The number of benzene rings is 1. The van der Waals surface area contributed by atoms with E-state index in [9.17, 15) is 9.59 Å². The van der Waals surface area contributed by atoms with E-state index in [2.05, 4.69) is 12.2 Å². The molecule has 5 heteroatoms. The molecule has 3 N–H and O–H groups in total. The molecule has 0 atom stereocenters. The number of nitrogens with zero attached hydrogens (tertiary/aromatic N) is 1. The second-order valence-electron chi connectivity index (χ2n) is 5.52. The molecule has 0 unspecified atom stereocenters. The topological polar surface area (TPSA) is 75.4 Å². The minimum atomic E-state index is -0.614. The third-order valence-corrected chi connectivity index (χ3v) is 3.72. The first-order valence-electron chi connectivity index (χ1n) is 6.93. The Hall–Kier alpha value is -2.04. The van der Waals surface area contributed by atoms with E-state index in [0.717, 1.165) is 18.4 Å². The second-order valence-corrected chi connectivity index (χ2v) is 5.52. The molecule has 0 aliphatic carbocycles. The highest BCUT2D eigenvalue weighted by Gasteiger charge is 2.25. The summed E-state index contributed by atoms with van der Waals surface area (Å²) in [5, 5.41) is 2.60. The number of amides is 2. The quantitative estimate of drug-likeness (QED) is 0.606. The number of piperidine rings is 1. The monoisotopic (exact) mass is 275 g/mol. The number of hydrogen-bond acceptors (Lipinski definition) is 3. The molecular formula is C15H21N3O2. The van der Waals surface area contributed by atoms with Crippen LogP contribution < -0.4 is 11.1 Å². The molecule has 2 rings (SSSR count). The molecule has 0 saturated carbocycles. The third-order valence-electron chi connectivity index (χ3n) is 3.72. The van der Waals surface area contributed by atoms with E-state index in [1.165, 1.54) is 0 Å². The molecule has 1 aliphatic rings. The molecule has 20 heavy (non-hydrogen) atoms. The van der Waals surface area contributed by atoms with Crippen molar-refractivity contribution < 1.29 is 9.59 Å². The zero-order valence-corrected chi connectivity index (χ0v) is 12.0. The fraction of sp³-hybridized carbons (Fsp3) is 0.467. The van der Waals surface area contributed by atoms with E-state index in [-0.39, 0.29) is 0 Å². The zero-order valence-electron chi connectivity index (χ0n) is 12.0. The highest BCUT2D eigenvalue weighted by molar-refractivity contribution is 6.39. The van der Waals surface area contributed by atoms with E-state index in [1.54, 1.807) is 17.0 Å². The van der Waals surface area contributed by atoms with E-state index in [0.29, 0.717) is 30.4 Å². The Morgan fingerprint density at radius 2 is 1.95 bits per heavy atom. The van der Waals surface area contributed by atoms with Gasteiger partial charge in [-0.1, -0.05) is 13.0 Å². The molecule has 1 saturated heterocycles. The van der Waals surface area contributed by atoms with Gasteiger partial charge in [0, 0.05) is 13.1 Å². The molecule has 0 bridgehead atoms. The summed E-state index contributed by atoms with van der Waals surface area (Å²) in [6.45, 7) is 5.37. The Bertz CT molecular complexity index is 520. The molecule has 1 aromatic rings. The molecule has 1 aromatic carbocycles. The van der Waals surface area contributed by atoms with Gasteiger partial charge in [0.1, 0.15) is 0 Å². The minimum absolute atomic E-state index is 0.462. The van der Waals surface area contributed by atoms with Crippen LogP contribution in [0, 0.1) is 12.8 Å². The number of rotatable bonds is 1. The van der Waals surface area contributed by atoms with Gasteiger partial charge < -0.3 is 16.0 Å². The zero-order chi connectivity index (χ0) is 14.7. The van der Waals surface area contributed by atoms with Crippen molar-refractivity contribution in [2.75, 3.05) is 24.1 Å². The normalized spacial score (nSPS) is 16.0. The number of anilines is 2. The molecule has 1 aliphatic heterocycles. The van der Waals surface area contributed by atoms with Crippen molar-refractivity contribution in [3.63, 3.8) is 0 Å². The Balaban J connectivity index is 2.01. The van der Waals surface area contributed by atoms with Gasteiger partial charge in [-0.15, -0.1) is 0 Å². The number of nitrogen functional groups attached to an aromatic ring is 1. The summed E-state index contributed by atoms with van der Waals surface area (Å²) in [5.74, 6) is -0.468. The van der Waals surface area contributed by atoms with Crippen molar-refractivity contribution in [2.24, 2.45) is 5.92 Å². The van der Waals surface area contributed by atoms with E-state index >= 15 is 0 Å². The third kappa shape index (κ3) is 3.29. The molecule has 108 valence electrons. The standard InChI is InChI=1S/C15H21N3O2/c1-10-5-7-18(8-6-10)15(20)14(19)17-13-9-11(2)3-4-12(13)16/h3-4,9-10H,5-8,16H2,1-2H3,(H,17,19). The van der Waals surface area contributed by atoms with Gasteiger partial charge in [-0.05, 0) is 43.4 Å². The Morgan fingerprint density at radius 3 is 2.60 bits per heavy atom. The summed E-state index contributed by atoms with van der Waals surface area (Å²) in [6, 6.07) is 5.34. The van der Waals surface area contributed by atoms with Crippen molar-refractivity contribution in [2.45, 2.75) is 26.7 Å². The Labute approximate surface area is 119 Å². The van der Waals surface area contributed by atoms with Crippen LogP contribution in [0.3, 0.4) is 0 Å². The average Bonchev–Trinajstić information content (AvgIpc) is 2.43. The van der Waals surface area contributed by atoms with Gasteiger partial charge in [-0.25, -0.2) is 0 Å². The Morgan fingerprint density at radius 1 is 1.30 bits per heavy atom. The fourth-order valence-corrected chi connectivity index (χ4v) is 2.31. The van der Waals surface area contributed by atoms with Crippen molar-refractivity contribution in [3.8, 4) is 0 Å². The molecule has 0 radical (unpaired) electrons. The number of carbonyl (C=O) groups is 2. The summed E-state index contributed by atoms with van der Waals surface area (Å²) in [6.07, 6.45) is 1.90. The predicted molar refractivity (Wildman–Crippen MR) is 79.2 cm³/mol. The highest BCUT2D eigenvalue weighted by atomic mass is 16.2. The van der Waals surface area contributed by atoms with Crippen molar-refractivity contribution >= 4 is 23.2 Å². The fourth-order valence-electron chi connectivity index (χ4n) is 2.31. The van der Waals surface area contributed by atoms with E-state index < -0.39 is 11.8 Å². The van der Waals surface area contributed by atoms with Gasteiger partial charge in [-0.3, -0.25) is 9.59 Å². The molecule has 2 amide bonds. The smallest absolute Gasteiger partial charge is 0.313 e. The van der Waals surface area contributed by atoms with Crippen LogP contribution in [0.1, 0.15) is 25.3 Å². The lowest BCUT2D eigenvalue weighted by Gasteiger charge is -2.29. The SMILES string of the molecule is Cc1ccc(N)c(NC(=O)C(=O)N2CCC(C)CC2)c1. The summed E-state index contributed by atoms with van der Waals surface area (Å²) in [7, 11) is 0. The summed E-state index contributed by atoms with van der Waals surface area (Å²) >= 11 is 0. The first kappa shape index (κ1) is 14.4. The van der Waals surface area contributed by atoms with Crippen LogP contribution in [0.15, 0.2) is 18.2 Å². The van der Waals surface area contributed by atoms with Crippen LogP contribution in [-0.2, 0) is 9.59 Å². The van der Waals surface area contributed by atoms with Crippen molar-refractivity contribution in [1.29, 1.82) is 0 Å². The lowest BCUT2D eigenvalue weighted by Crippen LogP contribution is -2.43. The van der Waals surface area contributed by atoms with Crippen LogP contribution in [0.5, 0.6) is 0 Å². The van der Waals surface area contributed by atoms with Crippen LogP contribution in [0.2, 0.25) is 0 Å². The molecule has 0 spiro atoms. The number of aryl methyl sites for hydroxylation is 1. The minimum Gasteiger partial charge on any atom is -0.397 e. The first-order chi connectivity index (χ1) is 9.47.